The smallest absolute Gasteiger partial charge is 0.251 e. The van der Waals surface area contributed by atoms with Gasteiger partial charge in [0.15, 0.2) is 0 Å². The van der Waals surface area contributed by atoms with Crippen molar-refractivity contribution >= 4 is 23.2 Å². The van der Waals surface area contributed by atoms with E-state index in [1.54, 1.807) is 11.3 Å². The number of likely N-dealkylation sites (N-methyl/N-ethyl adjacent to an activating group) is 1. The number of carbonyl (C=O) groups excluding carboxylic acids is 2. The number of amides is 2. The van der Waals surface area contributed by atoms with Gasteiger partial charge in [-0.3, -0.25) is 14.5 Å². The summed E-state index contributed by atoms with van der Waals surface area (Å²) in [6, 6.07) is 4.42. The fraction of sp³-hybridized carbons (Fsp3) is 0.478. The Morgan fingerprint density at radius 3 is 2.94 bits per heavy atom. The van der Waals surface area contributed by atoms with E-state index in [9.17, 15) is 9.59 Å². The molecule has 4 aliphatic rings. The third-order valence-electron chi connectivity index (χ3n) is 6.68. The van der Waals surface area contributed by atoms with Crippen LogP contribution in [0.25, 0.3) is 0 Å². The highest BCUT2D eigenvalue weighted by Crippen LogP contribution is 2.31. The first-order valence-electron chi connectivity index (χ1n) is 11.0. The van der Waals surface area contributed by atoms with Crippen LogP contribution in [0.3, 0.4) is 0 Å². The van der Waals surface area contributed by atoms with Gasteiger partial charge < -0.3 is 20.4 Å². The van der Waals surface area contributed by atoms with Crippen LogP contribution in [0, 0.1) is 5.92 Å². The predicted octanol–water partition coefficient (Wildman–Crippen LogP) is 1.31. The van der Waals surface area contributed by atoms with Gasteiger partial charge in [0, 0.05) is 55.4 Å². The number of carbonyl (C=O) groups is 2. The zero-order valence-corrected chi connectivity index (χ0v) is 18.6. The second-order valence-electron chi connectivity index (χ2n) is 8.64. The lowest BCUT2D eigenvalue weighted by molar-refractivity contribution is -0.137. The highest BCUT2D eigenvalue weighted by Gasteiger charge is 2.39. The molecular formula is C23H29N5O2S. The van der Waals surface area contributed by atoms with Crippen molar-refractivity contribution in [3.8, 4) is 0 Å². The number of allylic oxidation sites excluding steroid dienone is 1. The van der Waals surface area contributed by atoms with E-state index in [0.29, 0.717) is 25.1 Å². The fourth-order valence-electron chi connectivity index (χ4n) is 4.79. The van der Waals surface area contributed by atoms with Crippen LogP contribution in [-0.4, -0.2) is 79.0 Å². The van der Waals surface area contributed by atoms with Crippen LogP contribution in [-0.2, 0) is 9.59 Å². The Bertz CT molecular complexity index is 930. The van der Waals surface area contributed by atoms with E-state index in [-0.39, 0.29) is 29.9 Å². The maximum atomic E-state index is 13.0. The van der Waals surface area contributed by atoms with Crippen molar-refractivity contribution in [1.82, 2.24) is 25.3 Å². The van der Waals surface area contributed by atoms with E-state index in [4.69, 9.17) is 0 Å². The van der Waals surface area contributed by atoms with Gasteiger partial charge in [-0.05, 0) is 37.1 Å². The first kappa shape index (κ1) is 20.5. The summed E-state index contributed by atoms with van der Waals surface area (Å²) < 4.78 is 0. The van der Waals surface area contributed by atoms with Crippen LogP contribution in [0.4, 0.5) is 0 Å². The van der Waals surface area contributed by atoms with Crippen molar-refractivity contribution in [2.75, 3.05) is 46.3 Å². The molecule has 7 nitrogen and oxygen atoms in total. The van der Waals surface area contributed by atoms with Crippen LogP contribution in [0.2, 0.25) is 0 Å². The normalized spacial score (nSPS) is 27.1. The minimum absolute atomic E-state index is 0.0692. The lowest BCUT2D eigenvalue weighted by atomic mass is 9.89. The largest absolute Gasteiger partial charge is 0.365 e. The lowest BCUT2D eigenvalue weighted by Gasteiger charge is -2.39. The lowest BCUT2D eigenvalue weighted by Crippen LogP contribution is -2.54. The van der Waals surface area contributed by atoms with Gasteiger partial charge in [0.05, 0.1) is 12.0 Å². The Morgan fingerprint density at radius 1 is 1.32 bits per heavy atom. The summed E-state index contributed by atoms with van der Waals surface area (Å²) in [7, 11) is 2.15. The maximum absolute atomic E-state index is 13.0. The van der Waals surface area contributed by atoms with Crippen molar-refractivity contribution in [2.24, 2.45) is 5.92 Å². The highest BCUT2D eigenvalue weighted by atomic mass is 32.1. The molecule has 0 aromatic carbocycles. The number of hydrogen-bond donors (Lipinski definition) is 2. The van der Waals surface area contributed by atoms with Crippen molar-refractivity contribution < 1.29 is 9.59 Å². The molecule has 0 spiro atoms. The maximum Gasteiger partial charge on any atom is 0.251 e. The summed E-state index contributed by atoms with van der Waals surface area (Å²) in [5.74, 6) is -0.124. The molecule has 1 aromatic rings. The Morgan fingerprint density at radius 2 is 2.16 bits per heavy atom. The quantitative estimate of drug-likeness (QED) is 0.678. The fourth-order valence-corrected chi connectivity index (χ4v) is 5.65. The second-order valence-corrected chi connectivity index (χ2v) is 9.62. The van der Waals surface area contributed by atoms with Gasteiger partial charge in [0.1, 0.15) is 6.17 Å². The molecule has 2 amide bonds. The number of nitrogens with zero attached hydrogens (tertiary/aromatic N) is 3. The van der Waals surface area contributed by atoms with Gasteiger partial charge in [-0.25, -0.2) is 0 Å². The third kappa shape index (κ3) is 4.07. The van der Waals surface area contributed by atoms with E-state index in [0.717, 1.165) is 31.9 Å². The number of fused-ring (bicyclic) bond motifs is 2. The zero-order valence-electron chi connectivity index (χ0n) is 17.8. The molecule has 2 fully saturated rings. The average Bonchev–Trinajstić information content (AvgIpc) is 3.47. The van der Waals surface area contributed by atoms with Gasteiger partial charge in [0.25, 0.3) is 5.91 Å². The molecular weight excluding hydrogens is 410 g/mol. The summed E-state index contributed by atoms with van der Waals surface area (Å²) >= 11 is 1.74. The Labute approximate surface area is 187 Å². The van der Waals surface area contributed by atoms with Crippen LogP contribution in [0.15, 0.2) is 53.1 Å². The highest BCUT2D eigenvalue weighted by molar-refractivity contribution is 7.10. The van der Waals surface area contributed by atoms with E-state index in [1.165, 1.54) is 4.88 Å². The molecule has 164 valence electrons. The van der Waals surface area contributed by atoms with Crippen LogP contribution in [0.1, 0.15) is 17.3 Å². The first-order valence-corrected chi connectivity index (χ1v) is 11.9. The minimum Gasteiger partial charge on any atom is -0.365 e. The van der Waals surface area contributed by atoms with E-state index in [2.05, 4.69) is 45.0 Å². The van der Waals surface area contributed by atoms with Crippen molar-refractivity contribution in [3.05, 3.63) is 58.0 Å². The van der Waals surface area contributed by atoms with E-state index >= 15 is 0 Å². The second kappa shape index (κ2) is 8.61. The summed E-state index contributed by atoms with van der Waals surface area (Å²) in [6.45, 7) is 5.33. The molecule has 1 aliphatic carbocycles. The molecule has 2 N–H and O–H groups in total. The Balaban J connectivity index is 1.25. The van der Waals surface area contributed by atoms with Crippen molar-refractivity contribution in [3.63, 3.8) is 0 Å². The SMILES string of the molecule is CN1CCN(C(CNC(=O)C2=CCC3C(=O)N4CC=CC4NC3=C2)c2cccs2)CC1. The van der Waals surface area contributed by atoms with Crippen LogP contribution < -0.4 is 10.6 Å². The molecule has 8 heteroatoms. The van der Waals surface area contributed by atoms with Gasteiger partial charge in [-0.1, -0.05) is 18.2 Å². The third-order valence-corrected chi connectivity index (χ3v) is 7.65. The standard InChI is InChI=1S/C23H29N5O2S/c1-26-9-11-27(12-10-26)19(20-4-3-13-31-20)15-24-22(29)16-6-7-17-18(14-16)25-21-5-2-8-28(21)23(17)30/h2-6,13-14,17,19,21,25H,7-12,15H2,1H3,(H,24,29). The van der Waals surface area contributed by atoms with Crippen molar-refractivity contribution in [2.45, 2.75) is 18.6 Å². The Hall–Kier alpha value is -2.42. The number of piperazine rings is 1. The molecule has 31 heavy (non-hydrogen) atoms. The molecule has 5 rings (SSSR count). The van der Waals surface area contributed by atoms with Gasteiger partial charge in [-0.15, -0.1) is 11.3 Å². The monoisotopic (exact) mass is 439 g/mol. The molecule has 1 aromatic heterocycles. The van der Waals surface area contributed by atoms with E-state index < -0.39 is 0 Å². The predicted molar refractivity (Wildman–Crippen MR) is 121 cm³/mol. The molecule has 3 aliphatic heterocycles. The van der Waals surface area contributed by atoms with Crippen LogP contribution in [0.5, 0.6) is 0 Å². The molecule has 0 radical (unpaired) electrons. The number of thiophene rings is 1. The zero-order chi connectivity index (χ0) is 21.4. The minimum atomic E-state index is -0.197. The summed E-state index contributed by atoms with van der Waals surface area (Å²) in [4.78, 5) is 33.7. The van der Waals surface area contributed by atoms with Crippen LogP contribution >= 0.6 is 11.3 Å². The molecule has 4 heterocycles. The number of rotatable bonds is 5. The molecule has 3 atom stereocenters. The number of hydrogen-bond acceptors (Lipinski definition) is 6. The van der Waals surface area contributed by atoms with Gasteiger partial charge >= 0.3 is 0 Å². The van der Waals surface area contributed by atoms with Crippen molar-refractivity contribution in [1.29, 1.82) is 0 Å². The van der Waals surface area contributed by atoms with Gasteiger partial charge in [-0.2, -0.15) is 0 Å². The molecule has 2 saturated heterocycles. The first-order chi connectivity index (χ1) is 15.1. The van der Waals surface area contributed by atoms with Gasteiger partial charge in [0.2, 0.25) is 5.91 Å². The molecule has 0 saturated carbocycles. The summed E-state index contributed by atoms with van der Waals surface area (Å²) in [5.41, 5.74) is 1.50. The Kier molecular flexibility index (Phi) is 5.69. The summed E-state index contributed by atoms with van der Waals surface area (Å²) in [6.07, 6.45) is 8.27. The van der Waals surface area contributed by atoms with E-state index in [1.807, 2.05) is 29.2 Å². The molecule has 3 unspecified atom stereocenters. The summed E-state index contributed by atoms with van der Waals surface area (Å²) in [5, 5.41) is 8.69. The molecule has 0 bridgehead atoms. The topological polar surface area (TPSA) is 67.9 Å². The number of nitrogens with one attached hydrogen (secondary N) is 2. The average molecular weight is 440 g/mol.